The van der Waals surface area contributed by atoms with E-state index in [0.717, 1.165) is 17.1 Å². The number of ether oxygens (including phenoxy) is 1. The molecule has 6 heteroatoms. The van der Waals surface area contributed by atoms with Gasteiger partial charge in [0.05, 0.1) is 19.9 Å². The fourth-order valence-corrected chi connectivity index (χ4v) is 1.92. The molecule has 98 valence electrons. The molecule has 0 atom stereocenters. The second-order valence-electron chi connectivity index (χ2n) is 3.90. The van der Waals surface area contributed by atoms with Gasteiger partial charge in [-0.1, -0.05) is 30.3 Å². The van der Waals surface area contributed by atoms with Crippen LogP contribution in [0, 0.1) is 0 Å². The average Bonchev–Trinajstić information content (AvgIpc) is 2.89. The zero-order valence-corrected chi connectivity index (χ0v) is 11.2. The van der Waals surface area contributed by atoms with Crippen LogP contribution in [-0.2, 0) is 6.54 Å². The first-order valence-corrected chi connectivity index (χ1v) is 5.62. The van der Waals surface area contributed by atoms with Crippen LogP contribution in [0.5, 0.6) is 6.01 Å². The van der Waals surface area contributed by atoms with Gasteiger partial charge in [0.2, 0.25) is 0 Å². The number of methoxy groups -OCH3 is 1. The van der Waals surface area contributed by atoms with E-state index < -0.39 is 0 Å². The maximum absolute atomic E-state index is 5.28. The number of aromatic nitrogens is 4. The summed E-state index contributed by atoms with van der Waals surface area (Å²) in [5.41, 5.74) is 1.94. The molecule has 0 aliphatic carbocycles. The number of nitrogens with zero attached hydrogens (tertiary/aromatic N) is 4. The van der Waals surface area contributed by atoms with Gasteiger partial charge in [0.1, 0.15) is 12.0 Å². The Kier molecular flexibility index (Phi) is 3.97. The van der Waals surface area contributed by atoms with E-state index in [-0.39, 0.29) is 12.4 Å². The molecule has 2 aliphatic heterocycles. The summed E-state index contributed by atoms with van der Waals surface area (Å²) in [6.45, 7) is 0.660. The van der Waals surface area contributed by atoms with Crippen molar-refractivity contribution < 1.29 is 4.74 Å². The van der Waals surface area contributed by atoms with Crippen LogP contribution >= 0.6 is 12.4 Å². The standard InChI is InChI=1S/C13H12N4O.ClH/c1-18-13-14-7-11-12(16-9-15-11)17(13)8-10-5-3-2-4-6-10;/h2-7,9H,8H2,1H3;1H. The molecule has 19 heavy (non-hydrogen) atoms. The molecule has 0 saturated carbocycles. The van der Waals surface area contributed by atoms with Crippen molar-refractivity contribution in [3.63, 3.8) is 0 Å². The average molecular weight is 277 g/mol. The molecule has 0 fully saturated rings. The summed E-state index contributed by atoms with van der Waals surface area (Å²) >= 11 is 0. The summed E-state index contributed by atoms with van der Waals surface area (Å²) in [6, 6.07) is 10.7. The van der Waals surface area contributed by atoms with Crippen LogP contribution in [0.3, 0.4) is 0 Å². The molecule has 0 aromatic heterocycles. The lowest BCUT2D eigenvalue weighted by Crippen LogP contribution is -2.10. The van der Waals surface area contributed by atoms with E-state index in [1.807, 2.05) is 22.8 Å². The molecule has 0 N–H and O–H groups in total. The Bertz CT molecular complexity index is 626. The Morgan fingerprint density at radius 2 is 1.89 bits per heavy atom. The van der Waals surface area contributed by atoms with Crippen molar-refractivity contribution in [2.75, 3.05) is 7.11 Å². The van der Waals surface area contributed by atoms with Crippen molar-refractivity contribution in [3.8, 4) is 17.5 Å². The van der Waals surface area contributed by atoms with Crippen molar-refractivity contribution >= 4 is 12.4 Å². The van der Waals surface area contributed by atoms with Gasteiger partial charge in [0, 0.05) is 0 Å². The van der Waals surface area contributed by atoms with Crippen LogP contribution in [0.25, 0.3) is 11.5 Å². The molecule has 3 rings (SSSR count). The number of fused-ring (bicyclic) bond motifs is 1. The van der Waals surface area contributed by atoms with Gasteiger partial charge in [-0.25, -0.2) is 15.0 Å². The van der Waals surface area contributed by atoms with E-state index in [2.05, 4.69) is 27.1 Å². The summed E-state index contributed by atoms with van der Waals surface area (Å²) in [4.78, 5) is 12.6. The molecule has 0 radical (unpaired) electrons. The van der Waals surface area contributed by atoms with E-state index in [1.54, 1.807) is 13.3 Å². The normalized spacial score (nSPS) is 10.2. The summed E-state index contributed by atoms with van der Waals surface area (Å²) in [6.07, 6.45) is 3.20. The van der Waals surface area contributed by atoms with E-state index in [9.17, 15) is 0 Å². The first kappa shape index (κ1) is 13.3. The van der Waals surface area contributed by atoms with Gasteiger partial charge < -0.3 is 4.74 Å². The van der Waals surface area contributed by atoms with Gasteiger partial charge in [-0.05, 0) is 5.56 Å². The maximum Gasteiger partial charge on any atom is 0.297 e. The van der Waals surface area contributed by atoms with Crippen molar-refractivity contribution in [1.82, 2.24) is 19.5 Å². The third-order valence-electron chi connectivity index (χ3n) is 2.76. The van der Waals surface area contributed by atoms with Gasteiger partial charge in [0.25, 0.3) is 6.01 Å². The molecular formula is C13H13ClN4O. The van der Waals surface area contributed by atoms with Crippen LogP contribution in [-0.4, -0.2) is 26.6 Å². The third-order valence-corrected chi connectivity index (χ3v) is 2.76. The number of imidazole rings is 1. The topological polar surface area (TPSA) is 52.8 Å². The Hall–Kier alpha value is -2.14. The zero-order valence-electron chi connectivity index (χ0n) is 10.4. The van der Waals surface area contributed by atoms with Gasteiger partial charge in [-0.15, -0.1) is 12.4 Å². The quantitative estimate of drug-likeness (QED) is 0.736. The summed E-state index contributed by atoms with van der Waals surface area (Å²) < 4.78 is 7.19. The predicted molar refractivity (Wildman–Crippen MR) is 73.8 cm³/mol. The predicted octanol–water partition coefficient (Wildman–Crippen LogP) is 2.26. The lowest BCUT2D eigenvalue weighted by molar-refractivity contribution is 0.354. The molecule has 0 bridgehead atoms. The molecule has 2 aliphatic rings. The first-order chi connectivity index (χ1) is 8.88. The minimum Gasteiger partial charge on any atom is -0.468 e. The third kappa shape index (κ3) is 2.51. The van der Waals surface area contributed by atoms with Gasteiger partial charge in [0.15, 0.2) is 5.82 Å². The Balaban J connectivity index is 0.00000133. The van der Waals surface area contributed by atoms with E-state index in [1.165, 1.54) is 6.33 Å². The van der Waals surface area contributed by atoms with Crippen LogP contribution in [0.2, 0.25) is 0 Å². The number of benzene rings is 1. The van der Waals surface area contributed by atoms with E-state index in [0.29, 0.717) is 12.6 Å². The molecule has 0 spiro atoms. The van der Waals surface area contributed by atoms with Gasteiger partial charge in [-0.2, -0.15) is 0 Å². The second kappa shape index (κ2) is 5.67. The monoisotopic (exact) mass is 276 g/mol. The molecule has 0 saturated heterocycles. The van der Waals surface area contributed by atoms with Crippen molar-refractivity contribution in [2.45, 2.75) is 6.54 Å². The van der Waals surface area contributed by atoms with Crippen molar-refractivity contribution in [3.05, 3.63) is 48.4 Å². The maximum atomic E-state index is 5.28. The smallest absolute Gasteiger partial charge is 0.297 e. The van der Waals surface area contributed by atoms with Crippen LogP contribution in [0.1, 0.15) is 5.56 Å². The fourth-order valence-electron chi connectivity index (χ4n) is 1.92. The highest BCUT2D eigenvalue weighted by molar-refractivity contribution is 5.85. The van der Waals surface area contributed by atoms with Crippen LogP contribution < -0.4 is 4.74 Å². The first-order valence-electron chi connectivity index (χ1n) is 5.62. The molecular weight excluding hydrogens is 264 g/mol. The SMILES string of the molecule is COc1ncc2ncnc-2n1Cc1ccccc1.Cl. The number of hydrogen-bond donors (Lipinski definition) is 0. The minimum absolute atomic E-state index is 0. The Morgan fingerprint density at radius 3 is 2.63 bits per heavy atom. The van der Waals surface area contributed by atoms with Crippen molar-refractivity contribution in [2.24, 2.45) is 0 Å². The van der Waals surface area contributed by atoms with Crippen LogP contribution in [0.4, 0.5) is 0 Å². The zero-order chi connectivity index (χ0) is 12.4. The molecule has 2 heterocycles. The Morgan fingerprint density at radius 1 is 1.11 bits per heavy atom. The van der Waals surface area contributed by atoms with E-state index >= 15 is 0 Å². The summed E-state index contributed by atoms with van der Waals surface area (Å²) in [7, 11) is 1.60. The van der Waals surface area contributed by atoms with Crippen LogP contribution in [0.15, 0.2) is 42.9 Å². The summed E-state index contributed by atoms with van der Waals surface area (Å²) in [5, 5.41) is 0. The number of halogens is 1. The van der Waals surface area contributed by atoms with E-state index in [4.69, 9.17) is 4.74 Å². The van der Waals surface area contributed by atoms with Gasteiger partial charge in [-0.3, -0.25) is 4.57 Å². The molecule has 0 unspecified atom stereocenters. The number of rotatable bonds is 3. The highest BCUT2D eigenvalue weighted by Gasteiger charge is 2.15. The largest absolute Gasteiger partial charge is 0.468 e. The molecule has 1 aromatic rings. The molecule has 0 amide bonds. The molecule has 1 aromatic carbocycles. The highest BCUT2D eigenvalue weighted by atomic mass is 35.5. The number of hydrogen-bond acceptors (Lipinski definition) is 4. The highest BCUT2D eigenvalue weighted by Crippen LogP contribution is 2.22. The summed E-state index contributed by atoms with van der Waals surface area (Å²) in [5.74, 6) is 0.783. The molecule has 5 nitrogen and oxygen atoms in total. The second-order valence-corrected chi connectivity index (χ2v) is 3.90. The van der Waals surface area contributed by atoms with Crippen molar-refractivity contribution in [1.29, 1.82) is 0 Å². The van der Waals surface area contributed by atoms with Gasteiger partial charge >= 0.3 is 0 Å². The Labute approximate surface area is 117 Å². The fraction of sp³-hybridized carbons (Fsp3) is 0.154. The lowest BCUT2D eigenvalue weighted by atomic mass is 10.2. The lowest BCUT2D eigenvalue weighted by Gasteiger charge is -2.14. The minimum atomic E-state index is 0.